The lowest BCUT2D eigenvalue weighted by Gasteiger charge is -2.37. The molecule has 0 saturated carbocycles. The second kappa shape index (κ2) is 6.78. The van der Waals surface area contributed by atoms with Crippen molar-refractivity contribution in [2.45, 2.75) is 39.7 Å². The number of nitrogens with two attached hydrogens (primary N) is 1. The zero-order valence-electron chi connectivity index (χ0n) is 13.1. The number of likely N-dealkylation sites (tertiary alicyclic amines) is 1. The third-order valence-electron chi connectivity index (χ3n) is 4.11. The number of carbonyl (C=O) groups is 1. The van der Waals surface area contributed by atoms with E-state index in [9.17, 15) is 4.79 Å². The molecule has 0 aliphatic carbocycles. The molecule has 2 rings (SSSR count). The van der Waals surface area contributed by atoms with Gasteiger partial charge in [0.1, 0.15) is 0 Å². The Labute approximate surface area is 127 Å². The second-order valence-electron chi connectivity index (χ2n) is 6.04. The second-order valence-corrected chi connectivity index (χ2v) is 6.04. The Morgan fingerprint density at radius 1 is 1.38 bits per heavy atom. The summed E-state index contributed by atoms with van der Waals surface area (Å²) in [5.74, 6) is 6.55. The summed E-state index contributed by atoms with van der Waals surface area (Å²) in [7, 11) is 0. The van der Waals surface area contributed by atoms with Gasteiger partial charge in [-0.25, -0.2) is 0 Å². The van der Waals surface area contributed by atoms with Crippen molar-refractivity contribution in [2.75, 3.05) is 13.1 Å². The molecule has 1 amide bonds. The van der Waals surface area contributed by atoms with E-state index in [1.54, 1.807) is 0 Å². The van der Waals surface area contributed by atoms with Gasteiger partial charge in [0.2, 0.25) is 0 Å². The summed E-state index contributed by atoms with van der Waals surface area (Å²) in [6.45, 7) is 7.48. The summed E-state index contributed by atoms with van der Waals surface area (Å²) in [5, 5.41) is 0. The van der Waals surface area contributed by atoms with Crippen LogP contribution in [0, 0.1) is 24.7 Å². The molecular formula is C18H24N2O. The zero-order chi connectivity index (χ0) is 15.4. The Bertz CT molecular complexity index is 583. The van der Waals surface area contributed by atoms with Gasteiger partial charge in [-0.05, 0) is 50.3 Å². The zero-order valence-corrected chi connectivity index (χ0v) is 13.1. The molecule has 0 aromatic heterocycles. The lowest BCUT2D eigenvalue weighted by atomic mass is 9.93. The summed E-state index contributed by atoms with van der Waals surface area (Å²) < 4.78 is 0. The number of aryl methyl sites for hydroxylation is 1. The monoisotopic (exact) mass is 284 g/mol. The molecule has 1 saturated heterocycles. The van der Waals surface area contributed by atoms with E-state index in [0.29, 0.717) is 24.1 Å². The van der Waals surface area contributed by atoms with Crippen LogP contribution in [0.5, 0.6) is 0 Å². The molecule has 1 aromatic rings. The quantitative estimate of drug-likeness (QED) is 0.806. The molecule has 3 nitrogen and oxygen atoms in total. The Morgan fingerprint density at radius 3 is 2.86 bits per heavy atom. The molecule has 0 bridgehead atoms. The van der Waals surface area contributed by atoms with E-state index < -0.39 is 0 Å². The highest BCUT2D eigenvalue weighted by Crippen LogP contribution is 2.24. The van der Waals surface area contributed by atoms with Gasteiger partial charge in [0.15, 0.2) is 0 Å². The van der Waals surface area contributed by atoms with Crippen LogP contribution in [0.1, 0.15) is 48.2 Å². The topological polar surface area (TPSA) is 46.3 Å². The van der Waals surface area contributed by atoms with Gasteiger partial charge >= 0.3 is 0 Å². The summed E-state index contributed by atoms with van der Waals surface area (Å²) in [4.78, 5) is 14.9. The normalized spacial score (nSPS) is 21.6. The number of rotatable bonds is 1. The third kappa shape index (κ3) is 3.65. The Hall–Kier alpha value is -1.79. The van der Waals surface area contributed by atoms with Gasteiger partial charge < -0.3 is 10.6 Å². The summed E-state index contributed by atoms with van der Waals surface area (Å²) in [6, 6.07) is 6.13. The maximum absolute atomic E-state index is 12.9. The summed E-state index contributed by atoms with van der Waals surface area (Å²) in [5.41, 5.74) is 8.04. The minimum Gasteiger partial charge on any atom is -0.336 e. The standard InChI is InChI=1S/C18H24N2O/c1-13-7-9-17(16(11-13)5-4-10-19)18(21)20-12-14(2)6-8-15(20)3/h7,9,11,14-15H,6,8,10,12,19H2,1-3H3. The van der Waals surface area contributed by atoms with E-state index >= 15 is 0 Å². The Morgan fingerprint density at radius 2 is 2.14 bits per heavy atom. The van der Waals surface area contributed by atoms with E-state index in [2.05, 4.69) is 25.7 Å². The average molecular weight is 284 g/mol. The van der Waals surface area contributed by atoms with E-state index in [1.807, 2.05) is 30.0 Å². The van der Waals surface area contributed by atoms with Crippen molar-refractivity contribution in [3.8, 4) is 11.8 Å². The van der Waals surface area contributed by atoms with Crippen LogP contribution in [0.25, 0.3) is 0 Å². The molecule has 2 atom stereocenters. The molecule has 2 N–H and O–H groups in total. The molecule has 1 aromatic carbocycles. The fraction of sp³-hybridized carbons (Fsp3) is 0.500. The highest BCUT2D eigenvalue weighted by Gasteiger charge is 2.28. The van der Waals surface area contributed by atoms with Gasteiger partial charge in [0, 0.05) is 18.2 Å². The number of hydrogen-bond donors (Lipinski definition) is 1. The van der Waals surface area contributed by atoms with Gasteiger partial charge in [0.25, 0.3) is 5.91 Å². The van der Waals surface area contributed by atoms with Gasteiger partial charge in [-0.2, -0.15) is 0 Å². The van der Waals surface area contributed by atoms with Crippen LogP contribution in [-0.4, -0.2) is 29.9 Å². The highest BCUT2D eigenvalue weighted by atomic mass is 16.2. The van der Waals surface area contributed by atoms with Crippen molar-refractivity contribution in [1.29, 1.82) is 0 Å². The molecule has 0 spiro atoms. The number of carbonyl (C=O) groups excluding carboxylic acids is 1. The fourth-order valence-electron chi connectivity index (χ4n) is 2.82. The lowest BCUT2D eigenvalue weighted by molar-refractivity contribution is 0.0574. The largest absolute Gasteiger partial charge is 0.336 e. The molecule has 1 aliphatic heterocycles. The van der Waals surface area contributed by atoms with Crippen molar-refractivity contribution in [1.82, 2.24) is 4.90 Å². The van der Waals surface area contributed by atoms with Crippen molar-refractivity contribution < 1.29 is 4.79 Å². The highest BCUT2D eigenvalue weighted by molar-refractivity contribution is 5.97. The van der Waals surface area contributed by atoms with Gasteiger partial charge in [-0.3, -0.25) is 4.79 Å². The molecule has 2 unspecified atom stereocenters. The van der Waals surface area contributed by atoms with Crippen molar-refractivity contribution in [2.24, 2.45) is 11.7 Å². The molecule has 112 valence electrons. The van der Waals surface area contributed by atoms with E-state index in [0.717, 1.165) is 24.1 Å². The molecule has 1 fully saturated rings. The number of piperidine rings is 1. The Balaban J connectivity index is 2.34. The van der Waals surface area contributed by atoms with Crippen LogP contribution in [0.2, 0.25) is 0 Å². The van der Waals surface area contributed by atoms with Crippen LogP contribution < -0.4 is 5.73 Å². The maximum atomic E-state index is 12.9. The minimum atomic E-state index is 0.0929. The molecule has 1 heterocycles. The van der Waals surface area contributed by atoms with Crippen molar-refractivity contribution in [3.05, 3.63) is 34.9 Å². The first-order chi connectivity index (χ1) is 10.0. The molecule has 3 heteroatoms. The summed E-state index contributed by atoms with van der Waals surface area (Å²) in [6.07, 6.45) is 2.27. The van der Waals surface area contributed by atoms with E-state index in [4.69, 9.17) is 5.73 Å². The first kappa shape index (κ1) is 15.6. The first-order valence-corrected chi connectivity index (χ1v) is 7.63. The van der Waals surface area contributed by atoms with Crippen molar-refractivity contribution >= 4 is 5.91 Å². The van der Waals surface area contributed by atoms with Crippen LogP contribution in [0.3, 0.4) is 0 Å². The molecule has 0 radical (unpaired) electrons. The number of nitrogens with zero attached hydrogens (tertiary/aromatic N) is 1. The van der Waals surface area contributed by atoms with Crippen LogP contribution in [0.15, 0.2) is 18.2 Å². The lowest BCUT2D eigenvalue weighted by Crippen LogP contribution is -2.45. The number of amides is 1. The van der Waals surface area contributed by atoms with Crippen LogP contribution >= 0.6 is 0 Å². The molecule has 1 aliphatic rings. The van der Waals surface area contributed by atoms with Crippen molar-refractivity contribution in [3.63, 3.8) is 0 Å². The van der Waals surface area contributed by atoms with Gasteiger partial charge in [-0.15, -0.1) is 0 Å². The molecule has 21 heavy (non-hydrogen) atoms. The van der Waals surface area contributed by atoms with Crippen LogP contribution in [0.4, 0.5) is 0 Å². The Kier molecular flexibility index (Phi) is 5.03. The van der Waals surface area contributed by atoms with Gasteiger partial charge in [0.05, 0.1) is 12.1 Å². The van der Waals surface area contributed by atoms with Gasteiger partial charge in [-0.1, -0.05) is 24.8 Å². The number of benzene rings is 1. The molecular weight excluding hydrogens is 260 g/mol. The predicted octanol–water partition coefficient (Wildman–Crippen LogP) is 2.57. The summed E-state index contributed by atoms with van der Waals surface area (Å²) >= 11 is 0. The third-order valence-corrected chi connectivity index (χ3v) is 4.11. The maximum Gasteiger partial charge on any atom is 0.255 e. The average Bonchev–Trinajstić information content (AvgIpc) is 2.47. The first-order valence-electron chi connectivity index (χ1n) is 7.63. The predicted molar refractivity (Wildman–Crippen MR) is 86.0 cm³/mol. The number of hydrogen-bond acceptors (Lipinski definition) is 2. The van der Waals surface area contributed by atoms with Crippen LogP contribution in [-0.2, 0) is 0 Å². The van der Waals surface area contributed by atoms with E-state index in [1.165, 1.54) is 6.42 Å². The SMILES string of the molecule is Cc1ccc(C(=O)N2CC(C)CCC2C)c(C#CCN)c1. The smallest absolute Gasteiger partial charge is 0.255 e. The fourth-order valence-corrected chi connectivity index (χ4v) is 2.82. The minimum absolute atomic E-state index is 0.0929. The van der Waals surface area contributed by atoms with E-state index in [-0.39, 0.29) is 5.91 Å².